The summed E-state index contributed by atoms with van der Waals surface area (Å²) >= 11 is 0. The van der Waals surface area contributed by atoms with Gasteiger partial charge >= 0.3 is 0 Å². The average Bonchev–Trinajstić information content (AvgIpc) is 2.70. The number of nitrogens with one attached hydrogen (secondary N) is 1. The first-order valence-electron chi connectivity index (χ1n) is 5.63. The molecule has 1 N–H and O–H groups in total. The second kappa shape index (κ2) is 4.96. The molecule has 1 heterocycles. The smallest absolute Gasteiger partial charge is 0.271 e. The zero-order chi connectivity index (χ0) is 14.0. The van der Waals surface area contributed by atoms with Crippen LogP contribution in [-0.4, -0.2) is 30.8 Å². The summed E-state index contributed by atoms with van der Waals surface area (Å²) < 4.78 is 22.5. The van der Waals surface area contributed by atoms with Gasteiger partial charge < -0.3 is 5.32 Å². The Bertz CT molecular complexity index is 626. The highest BCUT2D eigenvalue weighted by atomic mass is 32.2. The quantitative estimate of drug-likeness (QED) is 0.657. The van der Waals surface area contributed by atoms with Gasteiger partial charge in [0.1, 0.15) is 0 Å². The van der Waals surface area contributed by atoms with E-state index in [1.54, 1.807) is 0 Å². The monoisotopic (exact) mass is 284 g/mol. The van der Waals surface area contributed by atoms with Crippen molar-refractivity contribution in [3.8, 4) is 0 Å². The van der Waals surface area contributed by atoms with Crippen LogP contribution in [0.4, 0.5) is 11.4 Å². The van der Waals surface area contributed by atoms with Crippen LogP contribution in [0.15, 0.2) is 24.3 Å². The summed E-state index contributed by atoms with van der Waals surface area (Å²) in [7, 11) is -3.12. The Morgan fingerprint density at radius 1 is 1.42 bits per heavy atom. The first-order chi connectivity index (χ1) is 8.87. The van der Waals surface area contributed by atoms with Crippen LogP contribution in [-0.2, 0) is 14.6 Å². The molecule has 1 fully saturated rings. The fraction of sp³-hybridized carbons (Fsp3) is 0.364. The first-order valence-corrected chi connectivity index (χ1v) is 7.45. The SMILES string of the molecule is O=C(Nc1cccc([N+](=O)[O-])c1)C1CCS(=O)(=O)C1. The molecule has 1 aromatic rings. The van der Waals surface area contributed by atoms with Crippen molar-refractivity contribution in [3.05, 3.63) is 34.4 Å². The molecule has 0 aliphatic carbocycles. The van der Waals surface area contributed by atoms with Crippen molar-refractivity contribution in [2.75, 3.05) is 16.8 Å². The molecule has 0 radical (unpaired) electrons. The molecule has 0 bridgehead atoms. The van der Waals surface area contributed by atoms with Crippen LogP contribution < -0.4 is 5.32 Å². The van der Waals surface area contributed by atoms with E-state index in [1.165, 1.54) is 24.3 Å². The van der Waals surface area contributed by atoms with Crippen LogP contribution in [0, 0.1) is 16.0 Å². The van der Waals surface area contributed by atoms with E-state index in [9.17, 15) is 23.3 Å². The van der Waals surface area contributed by atoms with Crippen molar-refractivity contribution in [2.24, 2.45) is 5.92 Å². The van der Waals surface area contributed by atoms with Crippen molar-refractivity contribution >= 4 is 27.1 Å². The van der Waals surface area contributed by atoms with Crippen LogP contribution in [0.5, 0.6) is 0 Å². The highest BCUT2D eigenvalue weighted by molar-refractivity contribution is 7.91. The highest BCUT2D eigenvalue weighted by Crippen LogP contribution is 2.22. The maximum Gasteiger partial charge on any atom is 0.271 e. The number of hydrogen-bond acceptors (Lipinski definition) is 5. The van der Waals surface area contributed by atoms with E-state index in [-0.39, 0.29) is 17.2 Å². The summed E-state index contributed by atoms with van der Waals surface area (Å²) in [6.45, 7) is 0. The molecule has 102 valence electrons. The van der Waals surface area contributed by atoms with Gasteiger partial charge in [-0.15, -0.1) is 0 Å². The van der Waals surface area contributed by atoms with E-state index >= 15 is 0 Å². The molecule has 1 aliphatic heterocycles. The number of nitro benzene ring substituents is 1. The number of sulfone groups is 1. The standard InChI is InChI=1S/C11H12N2O5S/c14-11(8-4-5-19(17,18)7-8)12-9-2-1-3-10(6-9)13(15)16/h1-3,6,8H,4-5,7H2,(H,12,14). The number of non-ortho nitro benzene ring substituents is 1. The van der Waals surface area contributed by atoms with Gasteiger partial charge in [0.25, 0.3) is 5.69 Å². The van der Waals surface area contributed by atoms with Crippen molar-refractivity contribution in [1.29, 1.82) is 0 Å². The number of carbonyl (C=O) groups excluding carboxylic acids is 1. The Morgan fingerprint density at radius 2 is 2.16 bits per heavy atom. The number of nitro groups is 1. The second-order valence-corrected chi connectivity index (χ2v) is 6.63. The third kappa shape index (κ3) is 3.28. The topological polar surface area (TPSA) is 106 Å². The number of benzene rings is 1. The lowest BCUT2D eigenvalue weighted by molar-refractivity contribution is -0.384. The second-order valence-electron chi connectivity index (χ2n) is 4.40. The van der Waals surface area contributed by atoms with E-state index in [2.05, 4.69) is 5.32 Å². The zero-order valence-electron chi connectivity index (χ0n) is 9.90. The van der Waals surface area contributed by atoms with Gasteiger partial charge in [0.2, 0.25) is 5.91 Å². The fourth-order valence-electron chi connectivity index (χ4n) is 1.94. The first kappa shape index (κ1) is 13.5. The van der Waals surface area contributed by atoms with Gasteiger partial charge in [0.15, 0.2) is 9.84 Å². The van der Waals surface area contributed by atoms with Crippen LogP contribution in [0.1, 0.15) is 6.42 Å². The fourth-order valence-corrected chi connectivity index (χ4v) is 3.68. The molecule has 7 nitrogen and oxygen atoms in total. The Labute approximate surface area is 109 Å². The van der Waals surface area contributed by atoms with E-state index in [0.29, 0.717) is 12.1 Å². The Morgan fingerprint density at radius 3 is 2.74 bits per heavy atom. The minimum atomic E-state index is -3.12. The number of rotatable bonds is 3. The number of nitrogens with zero attached hydrogens (tertiary/aromatic N) is 1. The van der Waals surface area contributed by atoms with Gasteiger partial charge in [0.05, 0.1) is 22.3 Å². The summed E-state index contributed by atoms with van der Waals surface area (Å²) in [4.78, 5) is 21.9. The molecule has 2 rings (SSSR count). The lowest BCUT2D eigenvalue weighted by Gasteiger charge is -2.09. The molecule has 1 atom stereocenters. The van der Waals surface area contributed by atoms with Gasteiger partial charge in [-0.25, -0.2) is 8.42 Å². The summed E-state index contributed by atoms with van der Waals surface area (Å²) in [6.07, 6.45) is 0.295. The summed E-state index contributed by atoms with van der Waals surface area (Å²) in [5.41, 5.74) is 0.167. The molecule has 1 aromatic carbocycles. The maximum absolute atomic E-state index is 11.8. The molecular weight excluding hydrogens is 272 g/mol. The number of carbonyl (C=O) groups is 1. The minimum Gasteiger partial charge on any atom is -0.326 e. The third-order valence-corrected chi connectivity index (χ3v) is 4.70. The Balaban J connectivity index is 2.07. The molecule has 1 unspecified atom stereocenters. The van der Waals surface area contributed by atoms with E-state index in [0.717, 1.165) is 0 Å². The molecule has 0 spiro atoms. The Hall–Kier alpha value is -1.96. The zero-order valence-corrected chi connectivity index (χ0v) is 10.7. The predicted octanol–water partition coefficient (Wildman–Crippen LogP) is 0.968. The van der Waals surface area contributed by atoms with Crippen molar-refractivity contribution < 1.29 is 18.1 Å². The summed E-state index contributed by atoms with van der Waals surface area (Å²) in [5, 5.41) is 13.1. The number of hydrogen-bond donors (Lipinski definition) is 1. The van der Waals surface area contributed by atoms with E-state index in [4.69, 9.17) is 0 Å². The van der Waals surface area contributed by atoms with Gasteiger partial charge in [0, 0.05) is 17.8 Å². The molecular formula is C11H12N2O5S. The molecule has 0 aromatic heterocycles. The van der Waals surface area contributed by atoms with Gasteiger partial charge in [-0.2, -0.15) is 0 Å². The third-order valence-electron chi connectivity index (χ3n) is 2.93. The maximum atomic E-state index is 11.8. The van der Waals surface area contributed by atoms with Crippen molar-refractivity contribution in [2.45, 2.75) is 6.42 Å². The van der Waals surface area contributed by atoms with Crippen LogP contribution >= 0.6 is 0 Å². The van der Waals surface area contributed by atoms with E-state index in [1.807, 2.05) is 0 Å². The van der Waals surface area contributed by atoms with Crippen LogP contribution in [0.3, 0.4) is 0 Å². The highest BCUT2D eigenvalue weighted by Gasteiger charge is 2.32. The van der Waals surface area contributed by atoms with Gasteiger partial charge in [-0.1, -0.05) is 6.07 Å². The Kier molecular flexibility index (Phi) is 3.52. The molecule has 1 saturated heterocycles. The molecule has 8 heteroatoms. The molecule has 0 saturated carbocycles. The lowest BCUT2D eigenvalue weighted by atomic mass is 10.1. The lowest BCUT2D eigenvalue weighted by Crippen LogP contribution is -2.23. The van der Waals surface area contributed by atoms with Crippen molar-refractivity contribution in [1.82, 2.24) is 0 Å². The summed E-state index contributed by atoms with van der Waals surface area (Å²) in [5.74, 6) is -1.14. The predicted molar refractivity (Wildman–Crippen MR) is 68.5 cm³/mol. The normalized spacial score (nSPS) is 20.9. The van der Waals surface area contributed by atoms with Crippen LogP contribution in [0.2, 0.25) is 0 Å². The van der Waals surface area contributed by atoms with Crippen molar-refractivity contribution in [3.63, 3.8) is 0 Å². The van der Waals surface area contributed by atoms with Gasteiger partial charge in [-0.3, -0.25) is 14.9 Å². The average molecular weight is 284 g/mol. The number of anilines is 1. The molecule has 1 amide bonds. The van der Waals surface area contributed by atoms with Gasteiger partial charge in [-0.05, 0) is 12.5 Å². The van der Waals surface area contributed by atoms with Crippen LogP contribution in [0.25, 0.3) is 0 Å². The largest absolute Gasteiger partial charge is 0.326 e. The summed E-state index contributed by atoms with van der Waals surface area (Å²) in [6, 6.07) is 5.53. The molecule has 19 heavy (non-hydrogen) atoms. The number of amides is 1. The van der Waals surface area contributed by atoms with E-state index < -0.39 is 26.6 Å². The molecule has 1 aliphatic rings. The minimum absolute atomic E-state index is 0.0139.